The average Bonchev–Trinajstić information content (AvgIpc) is 3.54. The summed E-state index contributed by atoms with van der Waals surface area (Å²) in [5, 5.41) is 19.6. The lowest BCUT2D eigenvalue weighted by atomic mass is 9.83. The Bertz CT molecular complexity index is 1260. The van der Waals surface area contributed by atoms with E-state index in [4.69, 9.17) is 9.47 Å². The summed E-state index contributed by atoms with van der Waals surface area (Å²) < 4.78 is 14.1. The molecule has 4 aromatic rings. The van der Waals surface area contributed by atoms with Crippen LogP contribution in [0, 0.1) is 19.8 Å². The van der Waals surface area contributed by atoms with Gasteiger partial charge in [-0.05, 0) is 62.9 Å². The zero-order chi connectivity index (χ0) is 25.5. The molecule has 1 unspecified atom stereocenters. The molecule has 7 heteroatoms. The van der Waals surface area contributed by atoms with Crippen molar-refractivity contribution >= 4 is 0 Å². The molecule has 0 bridgehead atoms. The van der Waals surface area contributed by atoms with Crippen LogP contribution in [0.15, 0.2) is 67.0 Å². The van der Waals surface area contributed by atoms with Crippen LogP contribution in [-0.4, -0.2) is 38.9 Å². The van der Waals surface area contributed by atoms with Gasteiger partial charge in [0.05, 0.1) is 43.1 Å². The minimum atomic E-state index is -0.403. The lowest BCUT2D eigenvalue weighted by Gasteiger charge is -2.26. The summed E-state index contributed by atoms with van der Waals surface area (Å²) in [6.07, 6.45) is 9.48. The SMILES string of the molecule is COc1cccc(-n2cc(C(O)C3CCCCC3)c(C)n2)c1.COc1cccc(-n2ccc(C)n2)c1. The smallest absolute Gasteiger partial charge is 0.121 e. The summed E-state index contributed by atoms with van der Waals surface area (Å²) in [7, 11) is 3.32. The Morgan fingerprint density at radius 3 is 2.00 bits per heavy atom. The number of aliphatic hydroxyl groups is 1. The summed E-state index contributed by atoms with van der Waals surface area (Å²) in [4.78, 5) is 0. The van der Waals surface area contributed by atoms with Crippen molar-refractivity contribution in [3.63, 3.8) is 0 Å². The van der Waals surface area contributed by atoms with Crippen LogP contribution in [0.3, 0.4) is 0 Å². The molecule has 1 fully saturated rings. The van der Waals surface area contributed by atoms with Gasteiger partial charge in [-0.3, -0.25) is 0 Å². The highest BCUT2D eigenvalue weighted by molar-refractivity contribution is 5.40. The number of aliphatic hydroxyl groups excluding tert-OH is 1. The van der Waals surface area contributed by atoms with E-state index in [1.54, 1.807) is 14.2 Å². The Balaban J connectivity index is 0.000000187. The quantitative estimate of drug-likeness (QED) is 0.361. The molecule has 7 nitrogen and oxygen atoms in total. The van der Waals surface area contributed by atoms with Gasteiger partial charge in [-0.15, -0.1) is 0 Å². The molecule has 36 heavy (non-hydrogen) atoms. The predicted octanol–water partition coefficient (Wildman–Crippen LogP) is 5.99. The lowest BCUT2D eigenvalue weighted by molar-refractivity contribution is 0.0843. The normalized spacial score (nSPS) is 14.6. The minimum Gasteiger partial charge on any atom is -0.497 e. The number of rotatable bonds is 6. The van der Waals surface area contributed by atoms with Gasteiger partial charge in [-0.25, -0.2) is 9.36 Å². The van der Waals surface area contributed by atoms with Gasteiger partial charge >= 0.3 is 0 Å². The first-order valence-electron chi connectivity index (χ1n) is 12.5. The van der Waals surface area contributed by atoms with Crippen LogP contribution in [0.1, 0.15) is 55.2 Å². The number of benzene rings is 2. The van der Waals surface area contributed by atoms with Crippen LogP contribution in [0.25, 0.3) is 11.4 Å². The summed E-state index contributed by atoms with van der Waals surface area (Å²) in [6.45, 7) is 3.94. The van der Waals surface area contributed by atoms with E-state index in [2.05, 4.69) is 10.2 Å². The number of methoxy groups -OCH3 is 2. The molecule has 1 N–H and O–H groups in total. The zero-order valence-corrected chi connectivity index (χ0v) is 21.6. The van der Waals surface area contributed by atoms with Crippen molar-refractivity contribution in [1.29, 1.82) is 0 Å². The molecule has 0 spiro atoms. The van der Waals surface area contributed by atoms with Crippen LogP contribution >= 0.6 is 0 Å². The Hall–Kier alpha value is -3.58. The fraction of sp³-hybridized carbons (Fsp3) is 0.379. The molecule has 0 saturated heterocycles. The van der Waals surface area contributed by atoms with Gasteiger partial charge in [0.1, 0.15) is 11.5 Å². The first-order valence-corrected chi connectivity index (χ1v) is 12.5. The zero-order valence-electron chi connectivity index (χ0n) is 21.6. The number of ether oxygens (including phenoxy) is 2. The highest BCUT2D eigenvalue weighted by Crippen LogP contribution is 2.35. The van der Waals surface area contributed by atoms with Gasteiger partial charge in [0.15, 0.2) is 0 Å². The molecule has 1 aliphatic carbocycles. The van der Waals surface area contributed by atoms with E-state index in [0.29, 0.717) is 5.92 Å². The van der Waals surface area contributed by atoms with Crippen molar-refractivity contribution in [2.45, 2.75) is 52.1 Å². The third kappa shape index (κ3) is 6.15. The third-order valence-electron chi connectivity index (χ3n) is 6.71. The van der Waals surface area contributed by atoms with Crippen molar-refractivity contribution in [2.24, 2.45) is 5.92 Å². The molecular formula is C29H36N4O3. The van der Waals surface area contributed by atoms with Gasteiger partial charge in [-0.2, -0.15) is 10.2 Å². The molecule has 1 saturated carbocycles. The van der Waals surface area contributed by atoms with Gasteiger partial charge < -0.3 is 14.6 Å². The third-order valence-corrected chi connectivity index (χ3v) is 6.71. The number of aromatic nitrogens is 4. The van der Waals surface area contributed by atoms with E-state index < -0.39 is 6.10 Å². The van der Waals surface area contributed by atoms with Crippen molar-refractivity contribution in [3.8, 4) is 22.9 Å². The molecule has 1 atom stereocenters. The fourth-order valence-electron chi connectivity index (χ4n) is 4.66. The van der Waals surface area contributed by atoms with Gasteiger partial charge in [0.2, 0.25) is 0 Å². The standard InChI is InChI=1S/C18H24N2O2.C11H12N2O/c1-13-17(18(21)14-7-4-3-5-8-14)12-20(19-13)15-9-6-10-16(11-15)22-2;1-9-6-7-13(12-9)10-4-3-5-11(8-10)14-2/h6,9-12,14,18,21H,3-5,7-8H2,1-2H3;3-8H,1-2H3. The maximum absolute atomic E-state index is 10.7. The molecule has 2 heterocycles. The molecule has 1 aliphatic rings. The Morgan fingerprint density at radius 2 is 1.44 bits per heavy atom. The first-order chi connectivity index (χ1) is 17.5. The van der Waals surface area contributed by atoms with Crippen molar-refractivity contribution in [2.75, 3.05) is 14.2 Å². The summed E-state index contributed by atoms with van der Waals surface area (Å²) >= 11 is 0. The monoisotopic (exact) mass is 488 g/mol. The number of hydrogen-bond donors (Lipinski definition) is 1. The van der Waals surface area contributed by atoms with Gasteiger partial charge in [-0.1, -0.05) is 31.4 Å². The number of aryl methyl sites for hydroxylation is 2. The predicted molar refractivity (Wildman–Crippen MR) is 141 cm³/mol. The van der Waals surface area contributed by atoms with E-state index in [0.717, 1.165) is 52.7 Å². The van der Waals surface area contributed by atoms with Gasteiger partial charge in [0, 0.05) is 30.1 Å². The second-order valence-electron chi connectivity index (χ2n) is 9.26. The highest BCUT2D eigenvalue weighted by atomic mass is 16.5. The number of nitrogens with zero attached hydrogens (tertiary/aromatic N) is 4. The maximum atomic E-state index is 10.7. The maximum Gasteiger partial charge on any atom is 0.121 e. The summed E-state index contributed by atoms with van der Waals surface area (Å²) in [5.74, 6) is 2.02. The largest absolute Gasteiger partial charge is 0.497 e. The van der Waals surface area contributed by atoms with Crippen LogP contribution < -0.4 is 9.47 Å². The summed E-state index contributed by atoms with van der Waals surface area (Å²) in [6, 6.07) is 17.6. The molecular weight excluding hydrogens is 452 g/mol. The van der Waals surface area contributed by atoms with Crippen LogP contribution in [0.4, 0.5) is 0 Å². The number of hydrogen-bond acceptors (Lipinski definition) is 5. The lowest BCUT2D eigenvalue weighted by Crippen LogP contribution is -2.16. The van der Waals surface area contributed by atoms with Crippen LogP contribution in [-0.2, 0) is 0 Å². The van der Waals surface area contributed by atoms with E-state index in [9.17, 15) is 5.11 Å². The molecule has 2 aromatic carbocycles. The van der Waals surface area contributed by atoms with Crippen LogP contribution in [0.2, 0.25) is 0 Å². The second kappa shape index (κ2) is 11.9. The minimum absolute atomic E-state index is 0.371. The molecule has 0 amide bonds. The molecule has 0 radical (unpaired) electrons. The molecule has 2 aromatic heterocycles. The molecule has 5 rings (SSSR count). The summed E-state index contributed by atoms with van der Waals surface area (Å²) in [5.41, 5.74) is 4.82. The Morgan fingerprint density at radius 1 is 0.833 bits per heavy atom. The average molecular weight is 489 g/mol. The second-order valence-corrected chi connectivity index (χ2v) is 9.26. The fourth-order valence-corrected chi connectivity index (χ4v) is 4.66. The first kappa shape index (κ1) is 25.5. The molecule has 190 valence electrons. The Labute approximate surface area is 213 Å². The van der Waals surface area contributed by atoms with Gasteiger partial charge in [0.25, 0.3) is 0 Å². The van der Waals surface area contributed by atoms with Crippen molar-refractivity contribution in [1.82, 2.24) is 19.6 Å². The van der Waals surface area contributed by atoms with E-state index >= 15 is 0 Å². The molecule has 0 aliphatic heterocycles. The van der Waals surface area contributed by atoms with E-state index in [1.807, 2.05) is 90.2 Å². The van der Waals surface area contributed by atoms with E-state index in [1.165, 1.54) is 19.3 Å². The van der Waals surface area contributed by atoms with Crippen molar-refractivity contribution < 1.29 is 14.6 Å². The highest BCUT2D eigenvalue weighted by Gasteiger charge is 2.26. The Kier molecular flexibility index (Phi) is 8.44. The topological polar surface area (TPSA) is 74.3 Å². The van der Waals surface area contributed by atoms with Crippen molar-refractivity contribution in [3.05, 3.63) is 83.9 Å². The van der Waals surface area contributed by atoms with Crippen LogP contribution in [0.5, 0.6) is 11.5 Å². The van der Waals surface area contributed by atoms with E-state index in [-0.39, 0.29) is 0 Å².